The average Bonchev–Trinajstić information content (AvgIpc) is 3.34. The molecule has 1 aliphatic carbocycles. The first-order valence-electron chi connectivity index (χ1n) is 8.33. The zero-order valence-electron chi connectivity index (χ0n) is 13.4. The van der Waals surface area contributed by atoms with Gasteiger partial charge >= 0.3 is 0 Å². The van der Waals surface area contributed by atoms with Crippen molar-refractivity contribution in [3.63, 3.8) is 0 Å². The van der Waals surface area contributed by atoms with Gasteiger partial charge < -0.3 is 10.2 Å². The Morgan fingerprint density at radius 1 is 1.22 bits per heavy atom. The minimum Gasteiger partial charge on any atom is -0.356 e. The molecule has 1 saturated carbocycles. The number of benzene rings is 1. The zero-order chi connectivity index (χ0) is 16.4. The van der Waals surface area contributed by atoms with E-state index in [9.17, 15) is 9.59 Å². The van der Waals surface area contributed by atoms with E-state index in [0.29, 0.717) is 17.7 Å². The van der Waals surface area contributed by atoms with Crippen LogP contribution in [0.25, 0.3) is 0 Å². The van der Waals surface area contributed by atoms with Gasteiger partial charge in [-0.2, -0.15) is 0 Å². The van der Waals surface area contributed by atoms with Gasteiger partial charge in [-0.25, -0.2) is 0 Å². The first-order chi connectivity index (χ1) is 11.0. The van der Waals surface area contributed by atoms with Gasteiger partial charge in [-0.1, -0.05) is 28.1 Å². The number of hydrogen-bond donors (Lipinski definition) is 1. The Kier molecular flexibility index (Phi) is 5.05. The largest absolute Gasteiger partial charge is 0.356 e. The molecule has 1 saturated heterocycles. The predicted molar refractivity (Wildman–Crippen MR) is 93.0 cm³/mol. The third kappa shape index (κ3) is 4.14. The summed E-state index contributed by atoms with van der Waals surface area (Å²) in [7, 11) is 0. The number of hydrogen-bond acceptors (Lipinski definition) is 2. The van der Waals surface area contributed by atoms with Crippen LogP contribution in [0.3, 0.4) is 0 Å². The number of carbonyl (C=O) groups excluding carboxylic acids is 2. The summed E-state index contributed by atoms with van der Waals surface area (Å²) < 4.78 is 1.08. The third-order valence-electron chi connectivity index (χ3n) is 4.97. The molecule has 3 rings (SSSR count). The molecular formula is C18H23BrN2O2. The number of piperidine rings is 1. The molecule has 0 unspecified atom stereocenters. The van der Waals surface area contributed by atoms with Gasteiger partial charge in [0.2, 0.25) is 11.8 Å². The Balaban J connectivity index is 1.47. The normalized spacial score (nSPS) is 24.3. The third-order valence-corrected chi connectivity index (χ3v) is 5.50. The second kappa shape index (κ2) is 7.04. The van der Waals surface area contributed by atoms with E-state index in [1.165, 1.54) is 5.56 Å². The van der Waals surface area contributed by atoms with E-state index >= 15 is 0 Å². The Hall–Kier alpha value is -1.36. The smallest absolute Gasteiger partial charge is 0.226 e. The van der Waals surface area contributed by atoms with Crippen LogP contribution in [-0.2, 0) is 9.59 Å². The van der Waals surface area contributed by atoms with E-state index in [-0.39, 0.29) is 11.8 Å². The summed E-state index contributed by atoms with van der Waals surface area (Å²) in [6.45, 7) is 3.94. The Labute approximate surface area is 145 Å². The second-order valence-corrected chi connectivity index (χ2v) is 7.62. The van der Waals surface area contributed by atoms with Crippen LogP contribution in [0.4, 0.5) is 0 Å². The number of nitrogens with zero attached hydrogens (tertiary/aromatic N) is 1. The highest BCUT2D eigenvalue weighted by Crippen LogP contribution is 2.48. The molecule has 1 aromatic carbocycles. The van der Waals surface area contributed by atoms with Crippen LogP contribution < -0.4 is 5.32 Å². The van der Waals surface area contributed by atoms with Crippen molar-refractivity contribution in [2.45, 2.75) is 32.1 Å². The SMILES string of the molecule is CC(=O)NCC1CCN(C(=O)[C@@H]2C[C@@H]2c2ccc(Br)cc2)CC1. The van der Waals surface area contributed by atoms with Crippen LogP contribution in [0.1, 0.15) is 37.7 Å². The monoisotopic (exact) mass is 378 g/mol. The fraction of sp³-hybridized carbons (Fsp3) is 0.556. The van der Waals surface area contributed by atoms with Gasteiger partial charge in [0, 0.05) is 36.9 Å². The molecule has 2 aliphatic rings. The van der Waals surface area contributed by atoms with Gasteiger partial charge in [-0.3, -0.25) is 9.59 Å². The van der Waals surface area contributed by atoms with E-state index in [0.717, 1.165) is 43.4 Å². The average molecular weight is 379 g/mol. The van der Waals surface area contributed by atoms with Gasteiger partial charge in [0.05, 0.1) is 0 Å². The van der Waals surface area contributed by atoms with Crippen molar-refractivity contribution in [1.29, 1.82) is 0 Å². The molecule has 1 N–H and O–H groups in total. The van der Waals surface area contributed by atoms with Crippen LogP contribution in [0.2, 0.25) is 0 Å². The van der Waals surface area contributed by atoms with E-state index in [4.69, 9.17) is 0 Å². The lowest BCUT2D eigenvalue weighted by atomic mass is 9.96. The first kappa shape index (κ1) is 16.5. The maximum absolute atomic E-state index is 12.6. The van der Waals surface area contributed by atoms with Crippen LogP contribution in [0.15, 0.2) is 28.7 Å². The standard InChI is InChI=1S/C18H23BrN2O2/c1-12(22)20-11-13-6-8-21(9-7-13)18(23)17-10-16(17)14-2-4-15(19)5-3-14/h2-5,13,16-17H,6-11H2,1H3,(H,20,22)/t16-,17-/m1/s1. The van der Waals surface area contributed by atoms with Crippen molar-refractivity contribution >= 4 is 27.7 Å². The first-order valence-corrected chi connectivity index (χ1v) is 9.12. The Morgan fingerprint density at radius 3 is 2.48 bits per heavy atom. The zero-order valence-corrected chi connectivity index (χ0v) is 15.0. The Bertz CT molecular complexity index is 579. The lowest BCUT2D eigenvalue weighted by Gasteiger charge is -2.32. The summed E-state index contributed by atoms with van der Waals surface area (Å²) in [5, 5.41) is 2.88. The molecule has 4 nitrogen and oxygen atoms in total. The van der Waals surface area contributed by atoms with E-state index in [1.807, 2.05) is 17.0 Å². The summed E-state index contributed by atoms with van der Waals surface area (Å²) in [6.07, 6.45) is 2.95. The molecule has 2 fully saturated rings. The summed E-state index contributed by atoms with van der Waals surface area (Å²) >= 11 is 3.45. The molecule has 5 heteroatoms. The molecule has 2 atom stereocenters. The van der Waals surface area contributed by atoms with Crippen molar-refractivity contribution < 1.29 is 9.59 Å². The molecule has 2 amide bonds. The fourth-order valence-corrected chi connectivity index (χ4v) is 3.69. The number of amides is 2. The molecular weight excluding hydrogens is 356 g/mol. The van der Waals surface area contributed by atoms with Crippen molar-refractivity contribution in [3.05, 3.63) is 34.3 Å². The van der Waals surface area contributed by atoms with Gasteiger partial charge in [0.1, 0.15) is 0 Å². The number of nitrogens with one attached hydrogen (secondary N) is 1. The van der Waals surface area contributed by atoms with Gasteiger partial charge in [0.15, 0.2) is 0 Å². The van der Waals surface area contributed by atoms with Crippen molar-refractivity contribution in [1.82, 2.24) is 10.2 Å². The predicted octanol–water partition coefficient (Wildman–Crippen LogP) is 2.93. The van der Waals surface area contributed by atoms with Crippen LogP contribution in [-0.4, -0.2) is 36.3 Å². The second-order valence-electron chi connectivity index (χ2n) is 6.71. The highest BCUT2D eigenvalue weighted by atomic mass is 79.9. The van der Waals surface area contributed by atoms with Crippen LogP contribution >= 0.6 is 15.9 Å². The van der Waals surface area contributed by atoms with Gasteiger partial charge in [-0.15, -0.1) is 0 Å². The fourth-order valence-electron chi connectivity index (χ4n) is 3.43. The molecule has 0 radical (unpaired) electrons. The van der Waals surface area contributed by atoms with Crippen LogP contribution in [0.5, 0.6) is 0 Å². The highest BCUT2D eigenvalue weighted by Gasteiger charge is 2.46. The van der Waals surface area contributed by atoms with Crippen molar-refractivity contribution in [2.75, 3.05) is 19.6 Å². The number of rotatable bonds is 4. The van der Waals surface area contributed by atoms with E-state index in [2.05, 4.69) is 33.4 Å². The summed E-state index contributed by atoms with van der Waals surface area (Å²) in [5.74, 6) is 1.41. The molecule has 1 aliphatic heterocycles. The van der Waals surface area contributed by atoms with Crippen molar-refractivity contribution in [2.24, 2.45) is 11.8 Å². The summed E-state index contributed by atoms with van der Waals surface area (Å²) in [6, 6.07) is 8.31. The minimum atomic E-state index is 0.0267. The van der Waals surface area contributed by atoms with E-state index < -0.39 is 0 Å². The molecule has 0 aromatic heterocycles. The minimum absolute atomic E-state index is 0.0267. The summed E-state index contributed by atoms with van der Waals surface area (Å²) in [5.41, 5.74) is 1.27. The van der Waals surface area contributed by atoms with Gasteiger partial charge in [-0.05, 0) is 48.8 Å². The van der Waals surface area contributed by atoms with Crippen LogP contribution in [0, 0.1) is 11.8 Å². The van der Waals surface area contributed by atoms with Gasteiger partial charge in [0.25, 0.3) is 0 Å². The topological polar surface area (TPSA) is 49.4 Å². The quantitative estimate of drug-likeness (QED) is 0.875. The van der Waals surface area contributed by atoms with Crippen molar-refractivity contribution in [3.8, 4) is 0 Å². The lowest BCUT2D eigenvalue weighted by molar-refractivity contribution is -0.134. The molecule has 0 bridgehead atoms. The number of likely N-dealkylation sites (tertiary alicyclic amines) is 1. The highest BCUT2D eigenvalue weighted by molar-refractivity contribution is 9.10. The lowest BCUT2D eigenvalue weighted by Crippen LogP contribution is -2.42. The Morgan fingerprint density at radius 2 is 1.87 bits per heavy atom. The van der Waals surface area contributed by atoms with E-state index in [1.54, 1.807) is 6.92 Å². The molecule has 23 heavy (non-hydrogen) atoms. The maximum atomic E-state index is 12.6. The number of carbonyl (C=O) groups is 2. The molecule has 1 aromatic rings. The summed E-state index contributed by atoms with van der Waals surface area (Å²) in [4.78, 5) is 25.6. The maximum Gasteiger partial charge on any atom is 0.226 e. The number of halogens is 1. The molecule has 0 spiro atoms. The molecule has 124 valence electrons. The molecule has 1 heterocycles.